The predicted octanol–water partition coefficient (Wildman–Crippen LogP) is 3.80. The van der Waals surface area contributed by atoms with E-state index < -0.39 is 17.7 Å². The molecule has 0 aliphatic carbocycles. The van der Waals surface area contributed by atoms with Gasteiger partial charge in [-0.3, -0.25) is 4.79 Å². The molecule has 3 heterocycles. The average Bonchev–Trinajstić information content (AvgIpc) is 2.76. The first kappa shape index (κ1) is 22.5. The molecule has 9 heteroatoms. The van der Waals surface area contributed by atoms with Gasteiger partial charge in [0.25, 0.3) is 5.91 Å². The summed E-state index contributed by atoms with van der Waals surface area (Å²) >= 11 is 0. The first-order chi connectivity index (χ1) is 15.0. The van der Waals surface area contributed by atoms with Crippen LogP contribution < -0.4 is 20.4 Å². The fraction of sp³-hybridized carbons (Fsp3) is 0.391. The number of rotatable bonds is 2. The third-order valence-corrected chi connectivity index (χ3v) is 6.50. The number of amidine groups is 1. The molecule has 1 amide bonds. The van der Waals surface area contributed by atoms with E-state index in [1.807, 2.05) is 11.0 Å². The Hall–Kier alpha value is -2.71. The molecule has 32 heavy (non-hydrogen) atoms. The van der Waals surface area contributed by atoms with Crippen LogP contribution in [0.1, 0.15) is 31.7 Å². The zero-order chi connectivity index (χ0) is 21.7. The highest BCUT2D eigenvalue weighted by molar-refractivity contribution is 6.09. The summed E-state index contributed by atoms with van der Waals surface area (Å²) in [4.78, 5) is 14.1. The second kappa shape index (κ2) is 8.67. The Morgan fingerprint density at radius 1 is 1.19 bits per heavy atom. The van der Waals surface area contributed by atoms with E-state index in [2.05, 4.69) is 22.8 Å². The number of hydrazone groups is 1. The Kier molecular flexibility index (Phi) is 6.09. The van der Waals surface area contributed by atoms with Crippen LogP contribution in [0.15, 0.2) is 35.4 Å². The molecule has 6 nitrogen and oxygen atoms in total. The lowest BCUT2D eigenvalue weighted by molar-refractivity contribution is -0.122. The van der Waals surface area contributed by atoms with Gasteiger partial charge in [-0.2, -0.15) is 5.10 Å². The van der Waals surface area contributed by atoms with Gasteiger partial charge in [-0.25, -0.2) is 14.2 Å². The Balaban J connectivity index is 0.00000245. The maximum absolute atomic E-state index is 14.8. The van der Waals surface area contributed by atoms with Crippen LogP contribution in [0.3, 0.4) is 0 Å². The lowest BCUT2D eigenvalue weighted by atomic mass is 9.78. The van der Waals surface area contributed by atoms with Crippen LogP contribution in [0, 0.1) is 17.6 Å². The van der Waals surface area contributed by atoms with Crippen molar-refractivity contribution in [1.82, 2.24) is 10.7 Å². The third-order valence-electron chi connectivity index (χ3n) is 6.50. The van der Waals surface area contributed by atoms with Crippen molar-refractivity contribution in [1.29, 1.82) is 0 Å². The number of halogens is 3. The first-order valence-electron chi connectivity index (χ1n) is 10.6. The number of hydrogen-bond acceptors (Lipinski definition) is 5. The number of carbonyl (C=O) groups is 1. The quantitative estimate of drug-likeness (QED) is 0.712. The fourth-order valence-corrected chi connectivity index (χ4v) is 4.84. The molecule has 3 aliphatic rings. The molecule has 3 aliphatic heterocycles. The lowest BCUT2D eigenvalue weighted by Crippen LogP contribution is -2.55. The molecule has 170 valence electrons. The van der Waals surface area contributed by atoms with Crippen molar-refractivity contribution in [2.24, 2.45) is 11.0 Å². The number of piperidine rings is 1. The molecular formula is C23H25ClF2N4O2. The molecule has 2 aromatic rings. The number of amides is 1. The summed E-state index contributed by atoms with van der Waals surface area (Å²) in [5.74, 6) is 0.0601. The number of nitrogens with zero attached hydrogens (tertiary/aromatic N) is 2. The van der Waals surface area contributed by atoms with E-state index >= 15 is 0 Å². The van der Waals surface area contributed by atoms with Gasteiger partial charge >= 0.3 is 0 Å². The van der Waals surface area contributed by atoms with Crippen LogP contribution >= 0.6 is 12.4 Å². The van der Waals surface area contributed by atoms with Gasteiger partial charge in [0, 0.05) is 0 Å². The van der Waals surface area contributed by atoms with Crippen LogP contribution in [0.25, 0.3) is 11.1 Å². The molecule has 1 saturated heterocycles. The standard InChI is InChI=1S/C23H24F2N4O2.ClH/c1-12-10-26-7-6-14(12)15-8-19-20(9-16(15)22-17(24)4-3-5-18(22)25)31-11-21-27-28-23(30)13(2)29(19)21;/h3-5,8-9,12-14,26H,6-7,10-11H2,1-2H3,(H,28,30);1H/t12-,13+,14+;/m0./s1. The van der Waals surface area contributed by atoms with Gasteiger partial charge < -0.3 is 15.0 Å². The smallest absolute Gasteiger partial charge is 0.262 e. The van der Waals surface area contributed by atoms with Crippen molar-refractivity contribution in [3.63, 3.8) is 0 Å². The number of benzene rings is 2. The molecule has 2 N–H and O–H groups in total. The summed E-state index contributed by atoms with van der Waals surface area (Å²) in [6.45, 7) is 5.76. The van der Waals surface area contributed by atoms with E-state index in [9.17, 15) is 13.6 Å². The minimum absolute atomic E-state index is 0. The van der Waals surface area contributed by atoms with Crippen molar-refractivity contribution in [3.05, 3.63) is 47.5 Å². The van der Waals surface area contributed by atoms with Crippen molar-refractivity contribution in [2.75, 3.05) is 24.6 Å². The molecule has 3 atom stereocenters. The van der Waals surface area contributed by atoms with Crippen molar-refractivity contribution in [3.8, 4) is 16.9 Å². The first-order valence-corrected chi connectivity index (χ1v) is 10.6. The highest BCUT2D eigenvalue weighted by Crippen LogP contribution is 2.46. The Morgan fingerprint density at radius 3 is 2.66 bits per heavy atom. The van der Waals surface area contributed by atoms with Crippen molar-refractivity contribution >= 4 is 29.8 Å². The predicted molar refractivity (Wildman–Crippen MR) is 121 cm³/mol. The van der Waals surface area contributed by atoms with E-state index in [0.717, 1.165) is 25.1 Å². The maximum Gasteiger partial charge on any atom is 0.262 e. The molecule has 0 aromatic heterocycles. The van der Waals surface area contributed by atoms with E-state index in [1.54, 1.807) is 13.0 Å². The number of fused-ring (bicyclic) bond motifs is 3. The van der Waals surface area contributed by atoms with Crippen LogP contribution in [0.2, 0.25) is 0 Å². The summed E-state index contributed by atoms with van der Waals surface area (Å²) in [6, 6.07) is 7.10. The highest BCUT2D eigenvalue weighted by Gasteiger charge is 2.37. The van der Waals surface area contributed by atoms with Gasteiger partial charge in [0.1, 0.15) is 30.0 Å². The molecule has 0 radical (unpaired) electrons. The zero-order valence-corrected chi connectivity index (χ0v) is 18.6. The van der Waals surface area contributed by atoms with Gasteiger partial charge in [-0.15, -0.1) is 12.4 Å². The van der Waals surface area contributed by atoms with Gasteiger partial charge in [0.05, 0.1) is 11.3 Å². The minimum atomic E-state index is -0.605. The average molecular weight is 463 g/mol. The monoisotopic (exact) mass is 462 g/mol. The van der Waals surface area contributed by atoms with Gasteiger partial charge in [-0.1, -0.05) is 13.0 Å². The number of anilines is 1. The molecule has 0 bridgehead atoms. The molecular weight excluding hydrogens is 438 g/mol. The van der Waals surface area contributed by atoms with Crippen LogP contribution in [-0.2, 0) is 4.79 Å². The normalized spacial score (nSPS) is 24.4. The molecule has 0 unspecified atom stereocenters. The largest absolute Gasteiger partial charge is 0.483 e. The summed E-state index contributed by atoms with van der Waals surface area (Å²) in [5.41, 5.74) is 4.54. The van der Waals surface area contributed by atoms with Crippen LogP contribution in [0.4, 0.5) is 14.5 Å². The number of hydrogen-bond donors (Lipinski definition) is 2. The van der Waals surface area contributed by atoms with E-state index in [4.69, 9.17) is 4.74 Å². The van der Waals surface area contributed by atoms with Crippen molar-refractivity contribution in [2.45, 2.75) is 32.2 Å². The molecule has 2 aromatic carbocycles. The molecule has 0 saturated carbocycles. The summed E-state index contributed by atoms with van der Waals surface area (Å²) in [5, 5.41) is 7.52. The number of ether oxygens (including phenoxy) is 1. The Bertz CT molecular complexity index is 1070. The Morgan fingerprint density at radius 2 is 1.94 bits per heavy atom. The zero-order valence-electron chi connectivity index (χ0n) is 17.8. The van der Waals surface area contributed by atoms with Crippen molar-refractivity contribution < 1.29 is 18.3 Å². The molecule has 5 rings (SSSR count). The Labute approximate surface area is 191 Å². The van der Waals surface area contributed by atoms with E-state index in [-0.39, 0.29) is 42.3 Å². The second-order valence-corrected chi connectivity index (χ2v) is 8.42. The second-order valence-electron chi connectivity index (χ2n) is 8.42. The van der Waals surface area contributed by atoms with E-state index in [0.29, 0.717) is 22.8 Å². The topological polar surface area (TPSA) is 66.0 Å². The van der Waals surface area contributed by atoms with E-state index in [1.165, 1.54) is 18.2 Å². The van der Waals surface area contributed by atoms with Crippen LogP contribution in [0.5, 0.6) is 5.75 Å². The lowest BCUT2D eigenvalue weighted by Gasteiger charge is -2.39. The number of carbonyl (C=O) groups excluding carboxylic acids is 1. The summed E-state index contributed by atoms with van der Waals surface area (Å²) in [6.07, 6.45) is 0.848. The molecule has 0 spiro atoms. The highest BCUT2D eigenvalue weighted by atomic mass is 35.5. The van der Waals surface area contributed by atoms with Gasteiger partial charge in [-0.05, 0) is 73.7 Å². The van der Waals surface area contributed by atoms with Crippen LogP contribution in [-0.4, -0.2) is 37.5 Å². The SMILES string of the molecule is C[C@@H]1C(=O)NN=C2COc3cc(-c4c(F)cccc4F)c([C@@H]4CCNC[C@@H]4C)cc3N21.Cl. The molecule has 1 fully saturated rings. The fourth-order valence-electron chi connectivity index (χ4n) is 4.84. The summed E-state index contributed by atoms with van der Waals surface area (Å²) < 4.78 is 35.5. The van der Waals surface area contributed by atoms with Gasteiger partial charge in [0.2, 0.25) is 0 Å². The maximum atomic E-state index is 14.8. The number of nitrogens with one attached hydrogen (secondary N) is 2. The van der Waals surface area contributed by atoms with Gasteiger partial charge in [0.15, 0.2) is 5.84 Å². The third kappa shape index (κ3) is 3.61. The summed E-state index contributed by atoms with van der Waals surface area (Å²) in [7, 11) is 0. The minimum Gasteiger partial charge on any atom is -0.483 e.